The zero-order chi connectivity index (χ0) is 18.3. The quantitative estimate of drug-likeness (QED) is 0.559. The molecule has 2 N–H and O–H groups in total. The molecule has 2 atom stereocenters. The van der Waals surface area contributed by atoms with Crippen molar-refractivity contribution < 1.29 is 4.74 Å². The van der Waals surface area contributed by atoms with Crippen molar-refractivity contribution >= 4 is 29.1 Å². The number of nitrogens with zero attached hydrogens (tertiary/aromatic N) is 2. The number of thiophene rings is 1. The summed E-state index contributed by atoms with van der Waals surface area (Å²) in [5.41, 5.74) is 0. The van der Waals surface area contributed by atoms with Gasteiger partial charge in [-0.2, -0.15) is 11.8 Å². The summed E-state index contributed by atoms with van der Waals surface area (Å²) >= 11 is 3.68. The number of nitrogens with one attached hydrogen (secondary N) is 2. The number of rotatable bonds is 7. The van der Waals surface area contributed by atoms with Gasteiger partial charge in [-0.25, -0.2) is 0 Å². The van der Waals surface area contributed by atoms with Crippen molar-refractivity contribution in [3.63, 3.8) is 0 Å². The van der Waals surface area contributed by atoms with Gasteiger partial charge in [0, 0.05) is 42.9 Å². The van der Waals surface area contributed by atoms with Gasteiger partial charge in [-0.05, 0) is 38.5 Å². The second-order valence-electron chi connectivity index (χ2n) is 6.98. The van der Waals surface area contributed by atoms with Crippen LogP contribution in [0.2, 0.25) is 0 Å². The van der Waals surface area contributed by atoms with E-state index in [0.717, 1.165) is 38.7 Å². The predicted molar refractivity (Wildman–Crippen MR) is 111 cm³/mol. The van der Waals surface area contributed by atoms with Crippen LogP contribution in [0.3, 0.4) is 0 Å². The minimum atomic E-state index is 0.185. The molecule has 0 radical (unpaired) electrons. The van der Waals surface area contributed by atoms with E-state index in [9.17, 15) is 0 Å². The molecule has 7 heteroatoms. The van der Waals surface area contributed by atoms with Gasteiger partial charge in [0.2, 0.25) is 0 Å². The highest BCUT2D eigenvalue weighted by atomic mass is 32.2. The first-order chi connectivity index (χ1) is 11.9. The summed E-state index contributed by atoms with van der Waals surface area (Å²) in [5.74, 6) is 0.866. The molecule has 0 spiro atoms. The molecule has 2 unspecified atom stereocenters. The number of thioether (sulfide) groups is 1. The molecule has 5 nitrogen and oxygen atoms in total. The fourth-order valence-electron chi connectivity index (χ4n) is 2.80. The number of guanidine groups is 1. The Bertz CT molecular complexity index is 533. The average Bonchev–Trinajstić information content (AvgIpc) is 3.12. The van der Waals surface area contributed by atoms with E-state index in [-0.39, 0.29) is 10.9 Å². The maximum absolute atomic E-state index is 5.71. The van der Waals surface area contributed by atoms with Crippen LogP contribution in [0.5, 0.6) is 0 Å². The largest absolute Gasteiger partial charge is 0.376 e. The van der Waals surface area contributed by atoms with E-state index in [4.69, 9.17) is 4.74 Å². The van der Waals surface area contributed by atoms with Gasteiger partial charge in [-0.3, -0.25) is 9.89 Å². The monoisotopic (exact) mass is 384 g/mol. The lowest BCUT2D eigenvalue weighted by Crippen LogP contribution is -2.49. The molecule has 2 heterocycles. The molecule has 1 aliphatic rings. The van der Waals surface area contributed by atoms with Crippen molar-refractivity contribution in [3.8, 4) is 0 Å². The molecule has 2 rings (SSSR count). The second kappa shape index (κ2) is 9.80. The van der Waals surface area contributed by atoms with Crippen molar-refractivity contribution in [2.75, 3.05) is 46.1 Å². The van der Waals surface area contributed by atoms with Crippen LogP contribution in [-0.4, -0.2) is 67.8 Å². The van der Waals surface area contributed by atoms with Gasteiger partial charge in [0.1, 0.15) is 0 Å². The Morgan fingerprint density at radius 3 is 2.92 bits per heavy atom. The zero-order valence-corrected chi connectivity index (χ0v) is 17.7. The summed E-state index contributed by atoms with van der Waals surface area (Å²) in [6, 6.07) is 4.70. The van der Waals surface area contributed by atoms with Crippen LogP contribution in [0.25, 0.3) is 0 Å². The molecule has 0 aromatic carbocycles. The number of hydrogen-bond donors (Lipinski definition) is 2. The maximum atomic E-state index is 5.71. The molecule has 1 aromatic rings. The van der Waals surface area contributed by atoms with Gasteiger partial charge in [0.15, 0.2) is 5.96 Å². The molecule has 0 saturated carbocycles. The van der Waals surface area contributed by atoms with E-state index in [1.165, 1.54) is 4.88 Å². The average molecular weight is 385 g/mol. The first-order valence-electron chi connectivity index (χ1n) is 8.84. The molecular weight excluding hydrogens is 352 g/mol. The van der Waals surface area contributed by atoms with Crippen LogP contribution in [0, 0.1) is 0 Å². The molecule has 1 aromatic heterocycles. The van der Waals surface area contributed by atoms with Crippen LogP contribution >= 0.6 is 23.1 Å². The van der Waals surface area contributed by atoms with Crippen LogP contribution in [-0.2, 0) is 4.74 Å². The lowest BCUT2D eigenvalue weighted by Gasteiger charge is -2.37. The first kappa shape index (κ1) is 20.6. The standard InChI is InChI=1S/C18H32N4OS2/c1-14-12-22(8-9-23-14)15(16-7-6-10-25-16)11-20-17(19-4)21-13-18(2,3)24-5/h6-7,10,14-15H,8-9,11-13H2,1-5H3,(H2,19,20,21). The third-order valence-electron chi connectivity index (χ3n) is 4.51. The Kier molecular flexibility index (Phi) is 8.06. The van der Waals surface area contributed by atoms with E-state index < -0.39 is 0 Å². The van der Waals surface area contributed by atoms with Crippen molar-refractivity contribution in [1.29, 1.82) is 0 Å². The highest BCUT2D eigenvalue weighted by molar-refractivity contribution is 7.99. The molecule has 25 heavy (non-hydrogen) atoms. The Morgan fingerprint density at radius 2 is 2.32 bits per heavy atom. The highest BCUT2D eigenvalue weighted by Gasteiger charge is 2.26. The number of ether oxygens (including phenoxy) is 1. The summed E-state index contributed by atoms with van der Waals surface area (Å²) in [5, 5.41) is 9.12. The Balaban J connectivity index is 1.97. The Labute approximate surface area is 160 Å². The highest BCUT2D eigenvalue weighted by Crippen LogP contribution is 2.26. The SMILES string of the molecule is CN=C(NCC(c1cccs1)N1CCOC(C)C1)NCC(C)(C)SC. The van der Waals surface area contributed by atoms with Gasteiger partial charge in [-0.1, -0.05) is 6.07 Å². The van der Waals surface area contributed by atoms with Crippen LogP contribution in [0.1, 0.15) is 31.7 Å². The predicted octanol–water partition coefficient (Wildman–Crippen LogP) is 2.82. The third-order valence-corrected chi connectivity index (χ3v) is 6.73. The van der Waals surface area contributed by atoms with E-state index in [1.807, 2.05) is 30.1 Å². The number of hydrogen-bond acceptors (Lipinski definition) is 5. The first-order valence-corrected chi connectivity index (χ1v) is 10.9. The van der Waals surface area contributed by atoms with Crippen molar-refractivity contribution in [3.05, 3.63) is 22.4 Å². The Morgan fingerprint density at radius 1 is 1.52 bits per heavy atom. The van der Waals surface area contributed by atoms with Gasteiger partial charge in [0.25, 0.3) is 0 Å². The summed E-state index contributed by atoms with van der Waals surface area (Å²) in [7, 11) is 1.83. The van der Waals surface area contributed by atoms with Crippen LogP contribution < -0.4 is 10.6 Å². The number of morpholine rings is 1. The normalized spacial score (nSPS) is 21.2. The van der Waals surface area contributed by atoms with Gasteiger partial charge in [-0.15, -0.1) is 11.3 Å². The minimum absolute atomic E-state index is 0.185. The van der Waals surface area contributed by atoms with Crippen molar-refractivity contribution in [2.24, 2.45) is 4.99 Å². The van der Waals surface area contributed by atoms with Crippen LogP contribution in [0.4, 0.5) is 0 Å². The lowest BCUT2D eigenvalue weighted by molar-refractivity contribution is -0.0334. The van der Waals surface area contributed by atoms with E-state index >= 15 is 0 Å². The van der Waals surface area contributed by atoms with Crippen LogP contribution in [0.15, 0.2) is 22.5 Å². The maximum Gasteiger partial charge on any atom is 0.191 e. The summed E-state index contributed by atoms with van der Waals surface area (Å²) in [6.07, 6.45) is 2.43. The molecular formula is C18H32N4OS2. The minimum Gasteiger partial charge on any atom is -0.376 e. The molecule has 1 saturated heterocycles. The summed E-state index contributed by atoms with van der Waals surface area (Å²) in [6.45, 7) is 11.1. The molecule has 1 aliphatic heterocycles. The second-order valence-corrected chi connectivity index (χ2v) is 9.47. The molecule has 1 fully saturated rings. The van der Waals surface area contributed by atoms with Gasteiger partial charge < -0.3 is 15.4 Å². The van der Waals surface area contributed by atoms with Gasteiger partial charge >= 0.3 is 0 Å². The zero-order valence-electron chi connectivity index (χ0n) is 16.0. The van der Waals surface area contributed by atoms with E-state index in [2.05, 4.69) is 65.1 Å². The smallest absolute Gasteiger partial charge is 0.191 e. The topological polar surface area (TPSA) is 48.9 Å². The molecule has 142 valence electrons. The Hall–Kier alpha value is -0.760. The van der Waals surface area contributed by atoms with Crippen molar-refractivity contribution in [2.45, 2.75) is 37.7 Å². The lowest BCUT2D eigenvalue weighted by atomic mass is 10.1. The van der Waals surface area contributed by atoms with E-state index in [1.54, 1.807) is 0 Å². The summed E-state index contributed by atoms with van der Waals surface area (Å²) in [4.78, 5) is 8.29. The molecule has 0 aliphatic carbocycles. The van der Waals surface area contributed by atoms with Crippen molar-refractivity contribution in [1.82, 2.24) is 15.5 Å². The number of aliphatic imine (C=N–C) groups is 1. The molecule has 0 bridgehead atoms. The molecule has 0 amide bonds. The van der Waals surface area contributed by atoms with Gasteiger partial charge in [0.05, 0.1) is 18.8 Å². The summed E-state index contributed by atoms with van der Waals surface area (Å²) < 4.78 is 5.90. The fraction of sp³-hybridized carbons (Fsp3) is 0.722. The van der Waals surface area contributed by atoms with E-state index in [0.29, 0.717) is 6.04 Å². The fourth-order valence-corrected chi connectivity index (χ4v) is 3.88. The third kappa shape index (κ3) is 6.47.